The zero-order valence-corrected chi connectivity index (χ0v) is 17.2. The predicted octanol–water partition coefficient (Wildman–Crippen LogP) is -0.789. The molecule has 2 amide bonds. The monoisotopic (exact) mass is 417 g/mol. The molecule has 10 nitrogen and oxygen atoms in total. The van der Waals surface area contributed by atoms with Crippen LogP contribution in [0, 0.1) is 0 Å². The van der Waals surface area contributed by atoms with E-state index < -0.39 is 17.8 Å². The zero-order chi connectivity index (χ0) is 21.8. The molecule has 1 saturated heterocycles. The smallest absolute Gasteiger partial charge is 0.337 e. The van der Waals surface area contributed by atoms with Crippen LogP contribution >= 0.6 is 0 Å². The summed E-state index contributed by atoms with van der Waals surface area (Å²) in [5.74, 6) is -1.64. The third kappa shape index (κ3) is 4.39. The Bertz CT molecular complexity index is 876. The number of nitrogens with zero attached hydrogens (tertiary/aromatic N) is 3. The molecule has 30 heavy (non-hydrogen) atoms. The summed E-state index contributed by atoms with van der Waals surface area (Å²) >= 11 is 0. The van der Waals surface area contributed by atoms with Gasteiger partial charge in [-0.15, -0.1) is 0 Å². The first-order valence-electron chi connectivity index (χ1n) is 9.71. The number of carbonyl (C=O) groups excluding carboxylic acids is 3. The average molecular weight is 417 g/mol. The van der Waals surface area contributed by atoms with E-state index in [0.29, 0.717) is 5.69 Å². The molecule has 1 fully saturated rings. The van der Waals surface area contributed by atoms with E-state index in [1.54, 1.807) is 18.2 Å². The second-order valence-corrected chi connectivity index (χ2v) is 7.31. The van der Waals surface area contributed by atoms with Gasteiger partial charge in [-0.1, -0.05) is 0 Å². The van der Waals surface area contributed by atoms with E-state index in [4.69, 9.17) is 10.5 Å². The van der Waals surface area contributed by atoms with Crippen LogP contribution in [-0.4, -0.2) is 92.7 Å². The topological polar surface area (TPSA) is 128 Å². The molecule has 0 bridgehead atoms. The molecule has 0 saturated carbocycles. The van der Waals surface area contributed by atoms with E-state index in [2.05, 4.69) is 15.1 Å². The Balaban J connectivity index is 2.00. The number of nitrogens with two attached hydrogens (primary N) is 1. The van der Waals surface area contributed by atoms with Gasteiger partial charge in [-0.05, 0) is 25.2 Å². The summed E-state index contributed by atoms with van der Waals surface area (Å²) in [5, 5.41) is 12.3. The van der Waals surface area contributed by atoms with Gasteiger partial charge in [0, 0.05) is 38.3 Å². The van der Waals surface area contributed by atoms with Crippen molar-refractivity contribution < 1.29 is 24.2 Å². The maximum Gasteiger partial charge on any atom is 0.337 e. The van der Waals surface area contributed by atoms with E-state index in [-0.39, 0.29) is 36.5 Å². The third-order valence-corrected chi connectivity index (χ3v) is 5.34. The Morgan fingerprint density at radius 3 is 2.53 bits per heavy atom. The second kappa shape index (κ2) is 9.14. The Kier molecular flexibility index (Phi) is 6.58. The highest BCUT2D eigenvalue weighted by molar-refractivity contribution is 6.09. The van der Waals surface area contributed by atoms with Crippen molar-refractivity contribution in [3.8, 4) is 0 Å². The summed E-state index contributed by atoms with van der Waals surface area (Å²) in [6, 6.07) is 5.02. The predicted molar refractivity (Wildman–Crippen MR) is 111 cm³/mol. The van der Waals surface area contributed by atoms with Crippen LogP contribution in [0.4, 0.5) is 11.4 Å². The number of β-amino-alcohol motifs (C(OH)–C–C–N with tert-alkyl or cyclic N) is 1. The van der Waals surface area contributed by atoms with Gasteiger partial charge in [0.1, 0.15) is 5.70 Å². The van der Waals surface area contributed by atoms with Crippen molar-refractivity contribution >= 4 is 29.2 Å². The van der Waals surface area contributed by atoms with E-state index in [0.717, 1.165) is 31.9 Å². The summed E-state index contributed by atoms with van der Waals surface area (Å²) in [5.41, 5.74) is 7.29. The molecule has 0 radical (unpaired) electrons. The Labute approximate surface area is 174 Å². The number of carbonyl (C=O) groups is 3. The van der Waals surface area contributed by atoms with Crippen molar-refractivity contribution in [2.45, 2.75) is 0 Å². The van der Waals surface area contributed by atoms with Crippen LogP contribution < -0.4 is 16.0 Å². The number of rotatable bonds is 7. The van der Waals surface area contributed by atoms with E-state index in [1.165, 1.54) is 12.0 Å². The van der Waals surface area contributed by atoms with Crippen molar-refractivity contribution in [1.82, 2.24) is 9.80 Å². The molecule has 1 aromatic carbocycles. The molecule has 0 atom stereocenters. The van der Waals surface area contributed by atoms with Crippen LogP contribution in [0.25, 0.3) is 0 Å². The molecule has 0 unspecified atom stereocenters. The number of ether oxygens (including phenoxy) is 1. The average Bonchev–Trinajstić information content (AvgIpc) is 3.04. The van der Waals surface area contributed by atoms with Crippen LogP contribution in [0.5, 0.6) is 0 Å². The highest BCUT2D eigenvalue weighted by Crippen LogP contribution is 2.31. The van der Waals surface area contributed by atoms with Crippen molar-refractivity contribution in [2.24, 2.45) is 5.73 Å². The third-order valence-electron chi connectivity index (χ3n) is 5.34. The molecular formula is C20H27N5O5. The number of hydrogen-bond donors (Lipinski definition) is 3. The normalized spacial score (nSPS) is 17.5. The highest BCUT2D eigenvalue weighted by atomic mass is 16.5. The number of primary amides is 1. The Morgan fingerprint density at radius 1 is 1.23 bits per heavy atom. The van der Waals surface area contributed by atoms with Crippen LogP contribution in [0.2, 0.25) is 0 Å². The lowest BCUT2D eigenvalue weighted by Gasteiger charge is -2.35. The Morgan fingerprint density at radius 2 is 1.93 bits per heavy atom. The first-order chi connectivity index (χ1) is 14.3. The van der Waals surface area contributed by atoms with E-state index >= 15 is 0 Å². The number of hydrogen-bond acceptors (Lipinski definition) is 8. The minimum Gasteiger partial charge on any atom is -0.466 e. The largest absolute Gasteiger partial charge is 0.466 e. The summed E-state index contributed by atoms with van der Waals surface area (Å²) in [4.78, 5) is 42.6. The van der Waals surface area contributed by atoms with Gasteiger partial charge in [-0.25, -0.2) is 4.79 Å². The summed E-state index contributed by atoms with van der Waals surface area (Å²) in [6.45, 7) is 3.19. The Hall–Kier alpha value is -3.11. The highest BCUT2D eigenvalue weighted by Gasteiger charge is 2.35. The summed E-state index contributed by atoms with van der Waals surface area (Å²) in [7, 11) is 3.29. The number of anilines is 2. The lowest BCUT2D eigenvalue weighted by atomic mass is 10.1. The molecule has 2 aliphatic rings. The van der Waals surface area contributed by atoms with E-state index in [9.17, 15) is 19.5 Å². The minimum atomic E-state index is -0.626. The fourth-order valence-corrected chi connectivity index (χ4v) is 3.60. The zero-order valence-electron chi connectivity index (χ0n) is 17.2. The van der Waals surface area contributed by atoms with Gasteiger partial charge >= 0.3 is 5.97 Å². The minimum absolute atomic E-state index is 0.0355. The van der Waals surface area contributed by atoms with Gasteiger partial charge in [0.2, 0.25) is 5.91 Å². The lowest BCUT2D eigenvalue weighted by molar-refractivity contribution is -0.136. The molecule has 10 heteroatoms. The molecule has 1 aromatic rings. The number of amides is 2. The molecule has 0 aliphatic carbocycles. The number of likely N-dealkylation sites (N-methyl/N-ethyl adjacent to an activating group) is 1. The maximum absolute atomic E-state index is 12.9. The van der Waals surface area contributed by atoms with Crippen molar-refractivity contribution in [3.05, 3.63) is 35.0 Å². The number of nitrogens with one attached hydrogen (secondary N) is 1. The van der Waals surface area contributed by atoms with Crippen LogP contribution in [-0.2, 0) is 14.3 Å². The number of aliphatic hydroxyl groups is 1. The second-order valence-electron chi connectivity index (χ2n) is 7.31. The molecule has 2 heterocycles. The fraction of sp³-hybridized carbons (Fsp3) is 0.450. The first-order valence-corrected chi connectivity index (χ1v) is 9.71. The number of aliphatic hydroxyl groups excluding tert-OH is 1. The maximum atomic E-state index is 12.9. The molecule has 3 rings (SSSR count). The van der Waals surface area contributed by atoms with Gasteiger partial charge < -0.3 is 35.6 Å². The van der Waals surface area contributed by atoms with Gasteiger partial charge in [0.15, 0.2) is 0 Å². The van der Waals surface area contributed by atoms with Gasteiger partial charge in [-0.3, -0.25) is 9.59 Å². The SMILES string of the molecule is COC(=O)C1=C(Nc2cc(C(N)=O)ccc2N2CCN(C)CC2)C(=O)N(CCO)C1. The molecular weight excluding hydrogens is 390 g/mol. The van der Waals surface area contributed by atoms with Gasteiger partial charge in [0.25, 0.3) is 5.91 Å². The van der Waals surface area contributed by atoms with Gasteiger partial charge in [0.05, 0.1) is 37.2 Å². The molecule has 162 valence electrons. The van der Waals surface area contributed by atoms with E-state index in [1.807, 2.05) is 7.05 Å². The van der Waals surface area contributed by atoms with Crippen LogP contribution in [0.3, 0.4) is 0 Å². The number of methoxy groups -OCH3 is 1. The first kappa shape index (κ1) is 21.6. The molecule has 4 N–H and O–H groups in total. The van der Waals surface area contributed by atoms with Crippen molar-refractivity contribution in [2.75, 3.05) is 70.2 Å². The standard InChI is InChI=1S/C20H27N5O5/c1-23-5-7-24(8-6-23)16-4-3-13(18(21)27)11-15(16)22-17-14(20(29)30-2)12-25(9-10-26)19(17)28/h3-4,11,22,26H,5-10,12H2,1-2H3,(H2,21,27). The van der Waals surface area contributed by atoms with Crippen LogP contribution in [0.15, 0.2) is 29.5 Å². The summed E-state index contributed by atoms with van der Waals surface area (Å²) in [6.07, 6.45) is 0. The van der Waals surface area contributed by atoms with Crippen molar-refractivity contribution in [1.29, 1.82) is 0 Å². The van der Waals surface area contributed by atoms with Crippen molar-refractivity contribution in [3.63, 3.8) is 0 Å². The quantitative estimate of drug-likeness (QED) is 0.493. The van der Waals surface area contributed by atoms with Gasteiger partial charge in [-0.2, -0.15) is 0 Å². The fourth-order valence-electron chi connectivity index (χ4n) is 3.60. The molecule has 0 spiro atoms. The number of piperazine rings is 1. The molecule has 0 aromatic heterocycles. The number of benzene rings is 1. The van der Waals surface area contributed by atoms with Crippen LogP contribution in [0.1, 0.15) is 10.4 Å². The lowest BCUT2D eigenvalue weighted by Crippen LogP contribution is -2.44. The molecule has 2 aliphatic heterocycles. The summed E-state index contributed by atoms with van der Waals surface area (Å²) < 4.78 is 4.83. The number of esters is 1.